The van der Waals surface area contributed by atoms with Gasteiger partial charge < -0.3 is 9.64 Å². The standard InChI is InChI=1S/C25H26N2O5/c1-15-7-8-16(2)21(11-15)26-14-18(13-24(26)30)25(31)32-19-9-10-20(17(3)12-19)27-22(28)5-4-6-23(27)29/h7-12,18H,4-6,13-14H2,1-3H3/t18-/m0/s1. The van der Waals surface area contributed by atoms with Crippen LogP contribution in [0, 0.1) is 26.7 Å². The largest absolute Gasteiger partial charge is 0.426 e. The summed E-state index contributed by atoms with van der Waals surface area (Å²) in [5.41, 5.74) is 4.02. The van der Waals surface area contributed by atoms with E-state index in [9.17, 15) is 19.2 Å². The van der Waals surface area contributed by atoms with Crippen LogP contribution in [0.3, 0.4) is 0 Å². The molecule has 0 aromatic heterocycles. The second-order valence-electron chi connectivity index (χ2n) is 8.54. The number of hydrogen-bond donors (Lipinski definition) is 0. The highest BCUT2D eigenvalue weighted by molar-refractivity contribution is 6.16. The molecule has 2 aliphatic heterocycles. The van der Waals surface area contributed by atoms with Crippen molar-refractivity contribution in [3.63, 3.8) is 0 Å². The average Bonchev–Trinajstić information content (AvgIpc) is 3.13. The number of aryl methyl sites for hydroxylation is 3. The Morgan fingerprint density at radius 2 is 1.59 bits per heavy atom. The first kappa shape index (κ1) is 21.7. The molecule has 0 unspecified atom stereocenters. The molecule has 1 atom stereocenters. The van der Waals surface area contributed by atoms with E-state index in [4.69, 9.17) is 4.74 Å². The molecule has 4 rings (SSSR count). The number of carbonyl (C=O) groups excluding carboxylic acids is 4. The Morgan fingerprint density at radius 1 is 0.875 bits per heavy atom. The third-order valence-corrected chi connectivity index (χ3v) is 6.02. The van der Waals surface area contributed by atoms with Gasteiger partial charge in [0.05, 0.1) is 11.6 Å². The highest BCUT2D eigenvalue weighted by Gasteiger charge is 2.37. The molecule has 2 aromatic rings. The molecule has 2 heterocycles. The van der Waals surface area contributed by atoms with Crippen molar-refractivity contribution in [1.29, 1.82) is 0 Å². The van der Waals surface area contributed by atoms with Crippen LogP contribution in [0.15, 0.2) is 36.4 Å². The molecule has 3 amide bonds. The highest BCUT2D eigenvalue weighted by Crippen LogP contribution is 2.31. The molecule has 0 spiro atoms. The molecule has 32 heavy (non-hydrogen) atoms. The van der Waals surface area contributed by atoms with Gasteiger partial charge in [0, 0.05) is 31.5 Å². The summed E-state index contributed by atoms with van der Waals surface area (Å²) in [5, 5.41) is 0. The number of amides is 3. The van der Waals surface area contributed by atoms with Gasteiger partial charge in [0.15, 0.2) is 0 Å². The first-order valence-electron chi connectivity index (χ1n) is 10.8. The van der Waals surface area contributed by atoms with Crippen LogP contribution in [0.1, 0.15) is 42.4 Å². The van der Waals surface area contributed by atoms with E-state index in [1.54, 1.807) is 30.0 Å². The van der Waals surface area contributed by atoms with Crippen LogP contribution in [0.25, 0.3) is 0 Å². The Morgan fingerprint density at radius 3 is 2.28 bits per heavy atom. The van der Waals surface area contributed by atoms with Gasteiger partial charge in [0.25, 0.3) is 0 Å². The zero-order chi connectivity index (χ0) is 23.0. The van der Waals surface area contributed by atoms with Crippen LogP contribution < -0.4 is 14.5 Å². The number of rotatable bonds is 4. The van der Waals surface area contributed by atoms with Gasteiger partial charge in [-0.05, 0) is 68.1 Å². The number of imide groups is 1. The van der Waals surface area contributed by atoms with Crippen molar-refractivity contribution in [2.75, 3.05) is 16.3 Å². The third-order valence-electron chi connectivity index (χ3n) is 6.02. The first-order chi connectivity index (χ1) is 15.2. The predicted octanol–water partition coefficient (Wildman–Crippen LogP) is 3.61. The van der Waals surface area contributed by atoms with Gasteiger partial charge in [-0.2, -0.15) is 0 Å². The van der Waals surface area contributed by atoms with E-state index < -0.39 is 11.9 Å². The summed E-state index contributed by atoms with van der Waals surface area (Å²) in [6, 6.07) is 10.7. The minimum absolute atomic E-state index is 0.0973. The van der Waals surface area contributed by atoms with Gasteiger partial charge >= 0.3 is 5.97 Å². The number of anilines is 2. The maximum absolute atomic E-state index is 12.8. The Labute approximate surface area is 187 Å². The maximum Gasteiger partial charge on any atom is 0.316 e. The summed E-state index contributed by atoms with van der Waals surface area (Å²) in [6.07, 6.45) is 1.35. The average molecular weight is 434 g/mol. The van der Waals surface area contributed by atoms with Gasteiger partial charge in [-0.1, -0.05) is 12.1 Å². The number of hydrogen-bond acceptors (Lipinski definition) is 5. The van der Waals surface area contributed by atoms with E-state index in [1.165, 1.54) is 4.90 Å². The zero-order valence-corrected chi connectivity index (χ0v) is 18.5. The number of benzene rings is 2. The minimum Gasteiger partial charge on any atom is -0.426 e. The summed E-state index contributed by atoms with van der Waals surface area (Å²) in [6.45, 7) is 5.95. The molecule has 7 nitrogen and oxygen atoms in total. The Bertz CT molecular complexity index is 1110. The molecule has 7 heteroatoms. The molecular weight excluding hydrogens is 408 g/mol. The molecule has 0 saturated carbocycles. The lowest BCUT2D eigenvalue weighted by molar-refractivity contribution is -0.139. The van der Waals surface area contributed by atoms with Gasteiger partial charge in [-0.3, -0.25) is 24.1 Å². The zero-order valence-electron chi connectivity index (χ0n) is 18.5. The van der Waals surface area contributed by atoms with E-state index in [0.717, 1.165) is 16.8 Å². The van der Waals surface area contributed by atoms with Crippen LogP contribution in [0.5, 0.6) is 5.75 Å². The van der Waals surface area contributed by atoms with Crippen molar-refractivity contribution in [2.24, 2.45) is 5.92 Å². The number of ether oxygens (including phenoxy) is 1. The van der Waals surface area contributed by atoms with Crippen molar-refractivity contribution < 1.29 is 23.9 Å². The molecule has 2 aliphatic rings. The molecule has 0 N–H and O–H groups in total. The van der Waals surface area contributed by atoms with E-state index in [2.05, 4.69) is 0 Å². The van der Waals surface area contributed by atoms with Crippen LogP contribution >= 0.6 is 0 Å². The molecule has 2 saturated heterocycles. The second kappa shape index (κ2) is 8.57. The molecule has 166 valence electrons. The molecule has 2 fully saturated rings. The third kappa shape index (κ3) is 4.15. The van der Waals surface area contributed by atoms with Crippen LogP contribution in [0.4, 0.5) is 11.4 Å². The molecule has 0 radical (unpaired) electrons. The van der Waals surface area contributed by atoms with Gasteiger partial charge in [-0.25, -0.2) is 0 Å². The summed E-state index contributed by atoms with van der Waals surface area (Å²) < 4.78 is 5.56. The summed E-state index contributed by atoms with van der Waals surface area (Å²) in [4.78, 5) is 52.6. The van der Waals surface area contributed by atoms with Gasteiger partial charge in [0.1, 0.15) is 5.75 Å². The van der Waals surface area contributed by atoms with Crippen molar-refractivity contribution in [3.8, 4) is 5.75 Å². The van der Waals surface area contributed by atoms with Crippen LogP contribution in [-0.4, -0.2) is 30.2 Å². The van der Waals surface area contributed by atoms with Crippen molar-refractivity contribution in [2.45, 2.75) is 46.5 Å². The van der Waals surface area contributed by atoms with Gasteiger partial charge in [0.2, 0.25) is 17.7 Å². The Hall–Kier alpha value is -3.48. The number of carbonyl (C=O) groups is 4. The second-order valence-corrected chi connectivity index (χ2v) is 8.54. The fourth-order valence-electron chi connectivity index (χ4n) is 4.27. The van der Waals surface area contributed by atoms with Gasteiger partial charge in [-0.15, -0.1) is 0 Å². The monoisotopic (exact) mass is 434 g/mol. The smallest absolute Gasteiger partial charge is 0.316 e. The Balaban J connectivity index is 1.47. The number of esters is 1. The van der Waals surface area contributed by atoms with E-state index >= 15 is 0 Å². The molecule has 0 aliphatic carbocycles. The van der Waals surface area contributed by atoms with Crippen molar-refractivity contribution >= 4 is 35.1 Å². The minimum atomic E-state index is -0.562. The maximum atomic E-state index is 12.8. The van der Waals surface area contributed by atoms with Crippen LogP contribution in [0.2, 0.25) is 0 Å². The molecule has 0 bridgehead atoms. The topological polar surface area (TPSA) is 84.0 Å². The van der Waals surface area contributed by atoms with Crippen molar-refractivity contribution in [1.82, 2.24) is 0 Å². The SMILES string of the molecule is Cc1ccc(C)c(N2C[C@@H](C(=O)Oc3ccc(N4C(=O)CCCC4=O)c(C)c3)CC2=O)c1. The summed E-state index contributed by atoms with van der Waals surface area (Å²) in [7, 11) is 0. The molecule has 2 aromatic carbocycles. The van der Waals surface area contributed by atoms with E-state index in [0.29, 0.717) is 36.3 Å². The fraction of sp³-hybridized carbons (Fsp3) is 0.360. The summed E-state index contributed by atoms with van der Waals surface area (Å²) in [5.74, 6) is -1.24. The lowest BCUT2D eigenvalue weighted by Crippen LogP contribution is -2.40. The fourth-order valence-corrected chi connectivity index (χ4v) is 4.27. The highest BCUT2D eigenvalue weighted by atomic mass is 16.5. The number of nitrogens with zero attached hydrogens (tertiary/aromatic N) is 2. The Kier molecular flexibility index (Phi) is 5.82. The van der Waals surface area contributed by atoms with Crippen LogP contribution in [-0.2, 0) is 19.2 Å². The first-order valence-corrected chi connectivity index (χ1v) is 10.8. The molecular formula is C25H26N2O5. The number of piperidine rings is 1. The predicted molar refractivity (Wildman–Crippen MR) is 120 cm³/mol. The van der Waals surface area contributed by atoms with Crippen molar-refractivity contribution in [3.05, 3.63) is 53.1 Å². The lowest BCUT2D eigenvalue weighted by Gasteiger charge is -2.26. The normalized spacial score (nSPS) is 19.0. The lowest BCUT2D eigenvalue weighted by atomic mass is 10.1. The quantitative estimate of drug-likeness (QED) is 0.417. The van der Waals surface area contributed by atoms with E-state index in [-0.39, 0.29) is 30.7 Å². The summed E-state index contributed by atoms with van der Waals surface area (Å²) >= 11 is 0. The van der Waals surface area contributed by atoms with E-state index in [1.807, 2.05) is 32.0 Å².